The van der Waals surface area contributed by atoms with Crippen LogP contribution in [0.5, 0.6) is 0 Å². The van der Waals surface area contributed by atoms with Gasteiger partial charge >= 0.3 is 5.97 Å². The van der Waals surface area contributed by atoms with E-state index in [2.05, 4.69) is 16.0 Å². The van der Waals surface area contributed by atoms with Crippen molar-refractivity contribution < 1.29 is 33.4 Å². The molecule has 3 N–H and O–H groups in total. The van der Waals surface area contributed by atoms with Gasteiger partial charge in [0.25, 0.3) is 5.91 Å². The van der Waals surface area contributed by atoms with E-state index in [9.17, 15) is 24.0 Å². The first kappa shape index (κ1) is 31.7. The van der Waals surface area contributed by atoms with Gasteiger partial charge in [-0.1, -0.05) is 52.3 Å². The first-order chi connectivity index (χ1) is 19.7. The number of hydrogen-bond acceptors (Lipinski definition) is 7. The second-order valence-corrected chi connectivity index (χ2v) is 13.0. The number of hydrogen-bond donors (Lipinski definition) is 3. The van der Waals surface area contributed by atoms with E-state index in [4.69, 9.17) is 21.1 Å². The Bertz CT molecular complexity index is 1250. The van der Waals surface area contributed by atoms with Gasteiger partial charge in [0, 0.05) is 18.6 Å². The summed E-state index contributed by atoms with van der Waals surface area (Å²) >= 11 is 6.53. The average molecular weight is 605 g/mol. The molecule has 1 saturated carbocycles. The van der Waals surface area contributed by atoms with Crippen molar-refractivity contribution in [2.75, 3.05) is 11.9 Å². The van der Waals surface area contributed by atoms with E-state index in [1.165, 1.54) is 6.07 Å². The van der Waals surface area contributed by atoms with Crippen LogP contribution in [-0.4, -0.2) is 71.6 Å². The number of nitrogens with one attached hydrogen (secondary N) is 3. The number of piperidine rings is 1. The monoisotopic (exact) mass is 604 g/mol. The summed E-state index contributed by atoms with van der Waals surface area (Å²) in [7, 11) is 0. The SMILES string of the molecule is CCO[C@@H]1OC(=O)CC1NC(=O)[C@@H]1[C@H]2CC[C@H](C2)N1C(=O)[C@@H](NC(=O)c1cccc(NC(=O)C(C)C)c1Cl)C(C)(C)C. The van der Waals surface area contributed by atoms with Crippen molar-refractivity contribution in [3.8, 4) is 0 Å². The smallest absolute Gasteiger partial charge is 0.310 e. The molecule has 3 fully saturated rings. The highest BCUT2D eigenvalue weighted by molar-refractivity contribution is 6.37. The minimum Gasteiger partial charge on any atom is -0.433 e. The third kappa shape index (κ3) is 6.57. The van der Waals surface area contributed by atoms with Crippen molar-refractivity contribution >= 4 is 46.9 Å². The largest absolute Gasteiger partial charge is 0.433 e. The van der Waals surface area contributed by atoms with Gasteiger partial charge in [-0.3, -0.25) is 24.0 Å². The van der Waals surface area contributed by atoms with Crippen molar-refractivity contribution in [1.82, 2.24) is 15.5 Å². The predicted octanol–water partition coefficient (Wildman–Crippen LogP) is 3.25. The number of carbonyl (C=O) groups excluding carboxylic acids is 5. The van der Waals surface area contributed by atoms with Crippen LogP contribution >= 0.6 is 11.6 Å². The number of carbonyl (C=O) groups is 5. The molecule has 2 bridgehead atoms. The van der Waals surface area contributed by atoms with Crippen molar-refractivity contribution in [3.63, 3.8) is 0 Å². The molecule has 0 spiro atoms. The zero-order valence-corrected chi connectivity index (χ0v) is 25.7. The van der Waals surface area contributed by atoms with Gasteiger partial charge < -0.3 is 30.3 Å². The summed E-state index contributed by atoms with van der Waals surface area (Å²) in [5.74, 6) is -2.31. The Balaban J connectivity index is 1.55. The maximum Gasteiger partial charge on any atom is 0.310 e. The number of anilines is 1. The number of benzene rings is 1. The molecule has 12 heteroatoms. The molecule has 3 aliphatic rings. The molecule has 2 heterocycles. The highest BCUT2D eigenvalue weighted by atomic mass is 35.5. The molecule has 2 aliphatic heterocycles. The molecule has 1 unspecified atom stereocenters. The molecule has 1 aliphatic carbocycles. The molecule has 4 rings (SSSR count). The Morgan fingerprint density at radius 1 is 1.17 bits per heavy atom. The molecular formula is C30H41ClN4O7. The normalized spacial score (nSPS) is 25.8. The maximum atomic E-state index is 14.2. The lowest BCUT2D eigenvalue weighted by Crippen LogP contribution is -2.62. The topological polar surface area (TPSA) is 143 Å². The molecule has 11 nitrogen and oxygen atoms in total. The molecule has 0 aromatic heterocycles. The molecule has 42 heavy (non-hydrogen) atoms. The fourth-order valence-electron chi connectivity index (χ4n) is 5.97. The predicted molar refractivity (Wildman–Crippen MR) is 155 cm³/mol. The van der Waals surface area contributed by atoms with E-state index in [0.717, 1.165) is 12.8 Å². The minimum atomic E-state index is -0.975. The molecule has 6 atom stereocenters. The van der Waals surface area contributed by atoms with Crippen molar-refractivity contribution in [2.24, 2.45) is 17.3 Å². The lowest BCUT2D eigenvalue weighted by Gasteiger charge is -2.40. The van der Waals surface area contributed by atoms with E-state index < -0.39 is 41.7 Å². The third-order valence-electron chi connectivity index (χ3n) is 8.14. The standard InChI is InChI=1S/C30H41ClN4O7/c1-7-41-29-20(14-21(36)42-29)33-27(39)23-16-11-12-17(13-16)35(23)28(40)24(30(4,5)6)34-26(38)18-9-8-10-19(22(18)31)32-25(37)15(2)3/h8-10,15-17,20,23-24,29H,7,11-14H2,1-6H3,(H,32,37)(H,33,39)(H,34,38)/t16-,17+,20?,23-,24+,29+/m0/s1. The van der Waals surface area contributed by atoms with Crippen LogP contribution in [0.15, 0.2) is 18.2 Å². The van der Waals surface area contributed by atoms with E-state index in [1.807, 2.05) is 20.8 Å². The fraction of sp³-hybridized carbons (Fsp3) is 0.633. The van der Waals surface area contributed by atoms with Gasteiger partial charge in [0.15, 0.2) is 0 Å². The van der Waals surface area contributed by atoms with Gasteiger partial charge in [-0.15, -0.1) is 0 Å². The number of fused-ring (bicyclic) bond motifs is 2. The summed E-state index contributed by atoms with van der Waals surface area (Å²) in [6.07, 6.45) is 1.37. The van der Waals surface area contributed by atoms with Crippen LogP contribution in [0, 0.1) is 17.3 Å². The number of nitrogens with zero attached hydrogens (tertiary/aromatic N) is 1. The summed E-state index contributed by atoms with van der Waals surface area (Å²) in [5.41, 5.74) is -0.294. The Labute approximate surface area is 251 Å². The van der Waals surface area contributed by atoms with Gasteiger partial charge in [0.1, 0.15) is 18.1 Å². The number of esters is 1. The van der Waals surface area contributed by atoms with E-state index in [1.54, 1.807) is 37.8 Å². The summed E-state index contributed by atoms with van der Waals surface area (Å²) in [6, 6.07) is 2.24. The first-order valence-electron chi connectivity index (χ1n) is 14.6. The quantitative estimate of drug-likeness (QED) is 0.367. The van der Waals surface area contributed by atoms with Crippen LogP contribution in [-0.2, 0) is 28.7 Å². The molecule has 1 aromatic carbocycles. The zero-order valence-electron chi connectivity index (χ0n) is 25.0. The number of rotatable bonds is 9. The summed E-state index contributed by atoms with van der Waals surface area (Å²) in [6.45, 7) is 11.1. The van der Waals surface area contributed by atoms with Gasteiger partial charge in [-0.2, -0.15) is 0 Å². The van der Waals surface area contributed by atoms with Crippen LogP contribution < -0.4 is 16.0 Å². The number of ether oxygens (including phenoxy) is 2. The van der Waals surface area contributed by atoms with Gasteiger partial charge in [0.05, 0.1) is 22.7 Å². The number of cyclic esters (lactones) is 1. The highest BCUT2D eigenvalue weighted by Crippen LogP contribution is 2.44. The van der Waals surface area contributed by atoms with E-state index in [0.29, 0.717) is 18.7 Å². The fourth-order valence-corrected chi connectivity index (χ4v) is 6.23. The van der Waals surface area contributed by atoms with E-state index >= 15 is 0 Å². The number of amides is 4. The lowest BCUT2D eigenvalue weighted by atomic mass is 9.84. The number of likely N-dealkylation sites (tertiary alicyclic amines) is 1. The first-order valence-corrected chi connectivity index (χ1v) is 14.9. The molecule has 0 radical (unpaired) electrons. The second kappa shape index (κ2) is 12.6. The molecular weight excluding hydrogens is 564 g/mol. The van der Waals surface area contributed by atoms with Gasteiger partial charge in [-0.05, 0) is 49.7 Å². The second-order valence-electron chi connectivity index (χ2n) is 12.6. The lowest BCUT2D eigenvalue weighted by molar-refractivity contribution is -0.165. The highest BCUT2D eigenvalue weighted by Gasteiger charge is 2.54. The maximum absolute atomic E-state index is 14.2. The number of halogens is 1. The van der Waals surface area contributed by atoms with Gasteiger partial charge in [0.2, 0.25) is 24.0 Å². The van der Waals surface area contributed by atoms with Crippen LogP contribution in [0.4, 0.5) is 5.69 Å². The summed E-state index contributed by atoms with van der Waals surface area (Å²) in [5, 5.41) is 8.56. The minimum absolute atomic E-state index is 0.0106. The van der Waals surface area contributed by atoms with Crippen LogP contribution in [0.2, 0.25) is 5.02 Å². The molecule has 230 valence electrons. The molecule has 1 aromatic rings. The Hall–Kier alpha value is -3.18. The molecule has 2 saturated heterocycles. The summed E-state index contributed by atoms with van der Waals surface area (Å²) < 4.78 is 10.7. The average Bonchev–Trinajstić information content (AvgIpc) is 3.62. The Morgan fingerprint density at radius 2 is 1.88 bits per heavy atom. The van der Waals surface area contributed by atoms with Crippen molar-refractivity contribution in [3.05, 3.63) is 28.8 Å². The molecule has 4 amide bonds. The van der Waals surface area contributed by atoms with Crippen LogP contribution in [0.1, 0.15) is 77.6 Å². The van der Waals surface area contributed by atoms with Crippen molar-refractivity contribution in [1.29, 1.82) is 0 Å². The van der Waals surface area contributed by atoms with Crippen LogP contribution in [0.3, 0.4) is 0 Å². The zero-order chi connectivity index (χ0) is 30.9. The van der Waals surface area contributed by atoms with Gasteiger partial charge in [-0.25, -0.2) is 0 Å². The van der Waals surface area contributed by atoms with Crippen LogP contribution in [0.25, 0.3) is 0 Å². The van der Waals surface area contributed by atoms with E-state index in [-0.39, 0.29) is 52.6 Å². The Kier molecular flexibility index (Phi) is 9.52. The van der Waals surface area contributed by atoms with Crippen molar-refractivity contribution in [2.45, 2.75) is 97.7 Å². The Morgan fingerprint density at radius 3 is 2.52 bits per heavy atom. The third-order valence-corrected chi connectivity index (χ3v) is 8.55. The summed E-state index contributed by atoms with van der Waals surface area (Å²) in [4.78, 5) is 67.1.